The maximum atomic E-state index is 12.9. The number of nitro groups is 1. The van der Waals surface area contributed by atoms with Gasteiger partial charge in [0.2, 0.25) is 5.43 Å². The molecule has 10 nitrogen and oxygen atoms in total. The lowest BCUT2D eigenvalue weighted by Crippen LogP contribution is -2.27. The number of carbonyl (C=O) groups is 1. The molecule has 0 unspecified atom stereocenters. The summed E-state index contributed by atoms with van der Waals surface area (Å²) >= 11 is 2.68. The minimum absolute atomic E-state index is 0.149. The Bertz CT molecular complexity index is 1370. The van der Waals surface area contributed by atoms with Crippen molar-refractivity contribution >= 4 is 40.4 Å². The van der Waals surface area contributed by atoms with Crippen molar-refractivity contribution in [2.45, 2.75) is 16.2 Å². The molecule has 0 radical (unpaired) electrons. The van der Waals surface area contributed by atoms with E-state index in [2.05, 4.69) is 20.6 Å². The second-order valence-corrected chi connectivity index (χ2v) is 8.54. The fraction of sp³-hybridized carbons (Fsp3) is 0.0500. The number of anilines is 1. The standard InChI is InChI=1S/C20H14N6O4S2/c1-12-10-16(27)18(24-25(12)14-7-3-4-8-15(14)26(29)30)19(28)22-13-6-2-5-9-17(13)32-20-23-21-11-31-20/h2-11H,1H3,(H,22,28). The van der Waals surface area contributed by atoms with Crippen LogP contribution in [0.4, 0.5) is 11.4 Å². The zero-order valence-electron chi connectivity index (χ0n) is 16.5. The van der Waals surface area contributed by atoms with E-state index in [1.165, 1.54) is 52.0 Å². The Hall–Kier alpha value is -3.90. The van der Waals surface area contributed by atoms with Gasteiger partial charge < -0.3 is 5.32 Å². The molecule has 0 bridgehead atoms. The topological polar surface area (TPSA) is 133 Å². The molecule has 32 heavy (non-hydrogen) atoms. The van der Waals surface area contributed by atoms with Crippen LogP contribution in [0.15, 0.2) is 74.1 Å². The average molecular weight is 467 g/mol. The van der Waals surface area contributed by atoms with E-state index >= 15 is 0 Å². The van der Waals surface area contributed by atoms with E-state index in [1.54, 1.807) is 36.7 Å². The van der Waals surface area contributed by atoms with Crippen molar-refractivity contribution in [3.63, 3.8) is 0 Å². The largest absolute Gasteiger partial charge is 0.319 e. The van der Waals surface area contributed by atoms with Crippen LogP contribution in [0, 0.1) is 17.0 Å². The molecule has 2 aromatic carbocycles. The summed E-state index contributed by atoms with van der Waals surface area (Å²) in [6, 6.07) is 14.2. The van der Waals surface area contributed by atoms with E-state index in [-0.39, 0.29) is 17.1 Å². The second-order valence-electron chi connectivity index (χ2n) is 6.41. The summed E-state index contributed by atoms with van der Waals surface area (Å²) in [5.74, 6) is -0.729. The van der Waals surface area contributed by atoms with Crippen LogP contribution < -0.4 is 10.7 Å². The van der Waals surface area contributed by atoms with E-state index in [4.69, 9.17) is 0 Å². The highest BCUT2D eigenvalue weighted by atomic mass is 32.2. The lowest BCUT2D eigenvalue weighted by atomic mass is 10.2. The molecule has 2 heterocycles. The smallest absolute Gasteiger partial charge is 0.294 e. The van der Waals surface area contributed by atoms with E-state index < -0.39 is 16.3 Å². The number of hydrogen-bond acceptors (Lipinski definition) is 9. The van der Waals surface area contributed by atoms with E-state index in [0.29, 0.717) is 20.6 Å². The maximum Gasteiger partial charge on any atom is 0.294 e. The second kappa shape index (κ2) is 9.08. The summed E-state index contributed by atoms with van der Waals surface area (Å²) in [7, 11) is 0. The van der Waals surface area contributed by atoms with Crippen molar-refractivity contribution in [1.82, 2.24) is 20.0 Å². The maximum absolute atomic E-state index is 12.9. The van der Waals surface area contributed by atoms with Gasteiger partial charge in [-0.2, -0.15) is 5.10 Å². The highest BCUT2D eigenvalue weighted by molar-refractivity contribution is 8.01. The van der Waals surface area contributed by atoms with Crippen molar-refractivity contribution in [3.05, 3.63) is 91.8 Å². The number of amides is 1. The van der Waals surface area contributed by atoms with Gasteiger partial charge in [-0.25, -0.2) is 4.68 Å². The Balaban J connectivity index is 1.70. The number of aryl methyl sites for hydroxylation is 1. The Morgan fingerprint density at radius 3 is 2.69 bits per heavy atom. The van der Waals surface area contributed by atoms with Gasteiger partial charge in [0, 0.05) is 22.7 Å². The van der Waals surface area contributed by atoms with Crippen LogP contribution in [-0.2, 0) is 0 Å². The molecule has 12 heteroatoms. The van der Waals surface area contributed by atoms with Crippen LogP contribution in [-0.4, -0.2) is 30.8 Å². The lowest BCUT2D eigenvalue weighted by molar-refractivity contribution is -0.384. The summed E-state index contributed by atoms with van der Waals surface area (Å²) < 4.78 is 1.91. The minimum atomic E-state index is -0.729. The Labute approximate surface area is 189 Å². The quantitative estimate of drug-likeness (QED) is 0.336. The van der Waals surface area contributed by atoms with Gasteiger partial charge in [-0.3, -0.25) is 19.7 Å². The molecule has 0 spiro atoms. The molecule has 1 amide bonds. The van der Waals surface area contributed by atoms with Crippen LogP contribution in [0.25, 0.3) is 5.69 Å². The molecule has 2 aromatic heterocycles. The lowest BCUT2D eigenvalue weighted by Gasteiger charge is -2.12. The third-order valence-electron chi connectivity index (χ3n) is 4.30. The molecule has 0 aliphatic rings. The van der Waals surface area contributed by atoms with Gasteiger partial charge in [0.1, 0.15) is 11.2 Å². The van der Waals surface area contributed by atoms with Crippen LogP contribution in [0.5, 0.6) is 0 Å². The van der Waals surface area contributed by atoms with Gasteiger partial charge in [-0.15, -0.1) is 10.2 Å². The molecule has 0 atom stereocenters. The predicted octanol–water partition coefficient (Wildman–Crippen LogP) is 3.70. The van der Waals surface area contributed by atoms with E-state index in [9.17, 15) is 19.7 Å². The number of hydrogen-bond donors (Lipinski definition) is 1. The number of carbonyl (C=O) groups excluding carboxylic acids is 1. The molecule has 4 rings (SSSR count). The minimum Gasteiger partial charge on any atom is -0.319 e. The van der Waals surface area contributed by atoms with Gasteiger partial charge in [0.25, 0.3) is 11.6 Å². The normalized spacial score (nSPS) is 10.7. The highest BCUT2D eigenvalue weighted by Gasteiger charge is 2.21. The fourth-order valence-electron chi connectivity index (χ4n) is 2.89. The van der Waals surface area contributed by atoms with Gasteiger partial charge in [-0.05, 0) is 25.1 Å². The van der Waals surface area contributed by atoms with Crippen molar-refractivity contribution in [2.75, 3.05) is 5.32 Å². The molecule has 0 fully saturated rings. The van der Waals surface area contributed by atoms with Gasteiger partial charge in [-0.1, -0.05) is 47.4 Å². The van der Waals surface area contributed by atoms with Gasteiger partial charge in [0.15, 0.2) is 10.0 Å². The first-order valence-electron chi connectivity index (χ1n) is 9.13. The fourth-order valence-corrected chi connectivity index (χ4v) is 4.41. The average Bonchev–Trinajstić information content (AvgIpc) is 3.28. The van der Waals surface area contributed by atoms with Crippen LogP contribution in [0.1, 0.15) is 16.2 Å². The van der Waals surface area contributed by atoms with E-state index in [0.717, 1.165) is 0 Å². The van der Waals surface area contributed by atoms with Crippen LogP contribution >= 0.6 is 23.1 Å². The molecular formula is C20H14N6O4S2. The molecule has 160 valence electrons. The van der Waals surface area contributed by atoms with Crippen molar-refractivity contribution < 1.29 is 9.72 Å². The van der Waals surface area contributed by atoms with Crippen LogP contribution in [0.2, 0.25) is 0 Å². The number of para-hydroxylation sites is 3. The molecule has 0 aliphatic heterocycles. The predicted molar refractivity (Wildman–Crippen MR) is 120 cm³/mol. The number of benzene rings is 2. The molecule has 0 saturated heterocycles. The summed E-state index contributed by atoms with van der Waals surface area (Å²) in [5, 5.41) is 26.0. The first-order chi connectivity index (χ1) is 15.4. The Morgan fingerprint density at radius 1 is 1.19 bits per heavy atom. The number of nitrogens with zero attached hydrogens (tertiary/aromatic N) is 5. The van der Waals surface area contributed by atoms with Gasteiger partial charge in [0.05, 0.1) is 10.6 Å². The van der Waals surface area contributed by atoms with Crippen molar-refractivity contribution in [1.29, 1.82) is 0 Å². The molecule has 1 N–H and O–H groups in total. The number of nitro benzene ring substituents is 1. The van der Waals surface area contributed by atoms with Crippen molar-refractivity contribution in [3.8, 4) is 5.69 Å². The zero-order valence-corrected chi connectivity index (χ0v) is 18.1. The van der Waals surface area contributed by atoms with Crippen molar-refractivity contribution in [2.24, 2.45) is 0 Å². The SMILES string of the molecule is Cc1cc(=O)c(C(=O)Nc2ccccc2Sc2nncs2)nn1-c1ccccc1[N+](=O)[O-]. The molecule has 4 aromatic rings. The van der Waals surface area contributed by atoms with Crippen LogP contribution in [0.3, 0.4) is 0 Å². The summed E-state index contributed by atoms with van der Waals surface area (Å²) in [6.45, 7) is 1.58. The summed E-state index contributed by atoms with van der Waals surface area (Å²) in [4.78, 5) is 37.0. The number of aromatic nitrogens is 4. The van der Waals surface area contributed by atoms with E-state index in [1.807, 2.05) is 6.07 Å². The zero-order chi connectivity index (χ0) is 22.7. The number of nitrogens with one attached hydrogen (secondary N) is 1. The summed E-state index contributed by atoms with van der Waals surface area (Å²) in [5.41, 5.74) is 1.40. The first kappa shape index (κ1) is 21.3. The first-order valence-corrected chi connectivity index (χ1v) is 10.8. The highest BCUT2D eigenvalue weighted by Crippen LogP contribution is 2.34. The monoisotopic (exact) mass is 466 g/mol. The Morgan fingerprint density at radius 2 is 1.94 bits per heavy atom. The Kier molecular flexibility index (Phi) is 6.05. The summed E-state index contributed by atoms with van der Waals surface area (Å²) in [6.07, 6.45) is 0. The third-order valence-corrected chi connectivity index (χ3v) is 6.16. The third kappa shape index (κ3) is 4.40. The van der Waals surface area contributed by atoms with Gasteiger partial charge >= 0.3 is 0 Å². The molecule has 0 saturated carbocycles. The molecular weight excluding hydrogens is 452 g/mol. The number of rotatable bonds is 6. The molecule has 0 aliphatic carbocycles.